The van der Waals surface area contributed by atoms with E-state index in [1.807, 2.05) is 0 Å². The van der Waals surface area contributed by atoms with Crippen LogP contribution in [0.5, 0.6) is 17.2 Å². The van der Waals surface area contributed by atoms with Gasteiger partial charge >= 0.3 is 0 Å². The lowest BCUT2D eigenvalue weighted by atomic mass is 10.1. The quantitative estimate of drug-likeness (QED) is 0.785. The van der Waals surface area contributed by atoms with Crippen molar-refractivity contribution in [2.75, 3.05) is 11.9 Å². The van der Waals surface area contributed by atoms with Gasteiger partial charge in [-0.3, -0.25) is 9.59 Å². The number of Topliss-reactive ketones (excluding diaryl/α,β-unsaturated/α-hetero) is 1. The molecule has 7 heteroatoms. The van der Waals surface area contributed by atoms with Crippen LogP contribution < -0.4 is 19.5 Å². The van der Waals surface area contributed by atoms with E-state index in [1.54, 1.807) is 18.2 Å². The molecule has 2 aromatic rings. The van der Waals surface area contributed by atoms with E-state index in [0.29, 0.717) is 17.2 Å². The number of hydrogen-bond acceptors (Lipinski definition) is 5. The summed E-state index contributed by atoms with van der Waals surface area (Å²) in [7, 11) is 0. The summed E-state index contributed by atoms with van der Waals surface area (Å²) in [6.45, 7) is 0.996. The van der Waals surface area contributed by atoms with Gasteiger partial charge in [0.25, 0.3) is 11.7 Å². The van der Waals surface area contributed by atoms with Crippen LogP contribution in [0.3, 0.4) is 0 Å². The Balaban J connectivity index is 1.39. The third-order valence-corrected chi connectivity index (χ3v) is 4.86. The van der Waals surface area contributed by atoms with E-state index >= 15 is 0 Å². The number of rotatable bonds is 5. The molecule has 6 nitrogen and oxygen atoms in total. The van der Waals surface area contributed by atoms with Crippen LogP contribution in [-0.4, -0.2) is 24.1 Å². The summed E-state index contributed by atoms with van der Waals surface area (Å²) in [5, 5.41) is 2.72. The molecule has 1 spiro atoms. The first-order chi connectivity index (χ1) is 13.4. The predicted octanol–water partition coefficient (Wildman–Crippen LogP) is 4.09. The lowest BCUT2D eigenvalue weighted by molar-refractivity contribution is -0.118. The van der Waals surface area contributed by atoms with Gasteiger partial charge in [-0.1, -0.05) is 0 Å². The van der Waals surface area contributed by atoms with Gasteiger partial charge in [0.1, 0.15) is 11.6 Å². The number of amides is 1. The minimum absolute atomic E-state index is 0.0951. The fourth-order valence-corrected chi connectivity index (χ4v) is 3.53. The van der Waals surface area contributed by atoms with Crippen molar-refractivity contribution in [1.82, 2.24) is 0 Å². The lowest BCUT2D eigenvalue weighted by Gasteiger charge is -2.21. The van der Waals surface area contributed by atoms with Gasteiger partial charge in [-0.25, -0.2) is 4.39 Å². The van der Waals surface area contributed by atoms with E-state index in [-0.39, 0.29) is 23.7 Å². The van der Waals surface area contributed by atoms with E-state index in [1.165, 1.54) is 19.1 Å². The zero-order chi connectivity index (χ0) is 19.7. The van der Waals surface area contributed by atoms with Crippen LogP contribution in [0.25, 0.3) is 0 Å². The average Bonchev–Trinajstić information content (AvgIpc) is 3.26. The highest BCUT2D eigenvalue weighted by Crippen LogP contribution is 2.47. The number of ether oxygens (including phenoxy) is 3. The first kappa shape index (κ1) is 18.3. The first-order valence-corrected chi connectivity index (χ1v) is 9.19. The number of ketones is 1. The molecule has 4 rings (SSSR count). The Bertz CT molecular complexity index is 936. The van der Waals surface area contributed by atoms with Gasteiger partial charge in [0.05, 0.1) is 5.56 Å². The molecule has 0 unspecified atom stereocenters. The molecule has 1 aliphatic heterocycles. The van der Waals surface area contributed by atoms with Gasteiger partial charge in [-0.2, -0.15) is 0 Å². The Hall–Kier alpha value is -3.09. The molecule has 1 heterocycles. The minimum atomic E-state index is -0.556. The van der Waals surface area contributed by atoms with E-state index < -0.39 is 17.5 Å². The number of benzene rings is 2. The molecule has 1 aliphatic carbocycles. The Morgan fingerprint density at radius 2 is 1.86 bits per heavy atom. The molecule has 1 fully saturated rings. The number of fused-ring (bicyclic) bond motifs is 1. The van der Waals surface area contributed by atoms with Crippen LogP contribution in [0, 0.1) is 5.82 Å². The van der Waals surface area contributed by atoms with Crippen LogP contribution in [0.2, 0.25) is 0 Å². The number of hydrogen-bond donors (Lipinski definition) is 1. The second-order valence-corrected chi connectivity index (χ2v) is 7.02. The summed E-state index contributed by atoms with van der Waals surface area (Å²) in [6.07, 6.45) is 3.85. The van der Waals surface area contributed by atoms with Crippen molar-refractivity contribution in [1.29, 1.82) is 0 Å². The fraction of sp³-hybridized carbons (Fsp3) is 0.333. The standard InChI is InChI=1S/C21H20FNO5/c1-13(24)16-10-14(22)4-6-17(16)26-12-20(25)23-15-5-7-18-19(11-15)28-21(27-18)8-2-3-9-21/h4-7,10-11H,2-3,8-9,12H2,1H3,(H,23,25). The lowest BCUT2D eigenvalue weighted by Crippen LogP contribution is -2.34. The second kappa shape index (κ2) is 7.14. The van der Waals surface area contributed by atoms with Gasteiger partial charge in [-0.15, -0.1) is 0 Å². The van der Waals surface area contributed by atoms with Crippen LogP contribution in [0.15, 0.2) is 36.4 Å². The van der Waals surface area contributed by atoms with Crippen molar-refractivity contribution >= 4 is 17.4 Å². The fourth-order valence-electron chi connectivity index (χ4n) is 3.53. The van der Waals surface area contributed by atoms with Crippen molar-refractivity contribution in [3.63, 3.8) is 0 Å². The largest absolute Gasteiger partial charge is 0.483 e. The molecule has 1 N–H and O–H groups in total. The van der Waals surface area contributed by atoms with Crippen LogP contribution in [-0.2, 0) is 4.79 Å². The van der Waals surface area contributed by atoms with Crippen molar-refractivity contribution in [3.05, 3.63) is 47.8 Å². The molecule has 0 saturated heterocycles. The molecule has 28 heavy (non-hydrogen) atoms. The molecule has 0 radical (unpaired) electrons. The van der Waals surface area contributed by atoms with E-state index in [2.05, 4.69) is 5.32 Å². The predicted molar refractivity (Wildman–Crippen MR) is 99.4 cm³/mol. The Kier molecular flexibility index (Phi) is 4.66. The third kappa shape index (κ3) is 3.65. The molecule has 2 aliphatic rings. The molecule has 1 amide bonds. The summed E-state index contributed by atoms with van der Waals surface area (Å²) in [5.41, 5.74) is 0.648. The summed E-state index contributed by atoms with van der Waals surface area (Å²) < 4.78 is 30.6. The normalized spacial score (nSPS) is 16.2. The van der Waals surface area contributed by atoms with E-state index in [9.17, 15) is 14.0 Å². The summed E-state index contributed by atoms with van der Waals surface area (Å²) >= 11 is 0. The van der Waals surface area contributed by atoms with E-state index in [4.69, 9.17) is 14.2 Å². The zero-order valence-electron chi connectivity index (χ0n) is 15.4. The SMILES string of the molecule is CC(=O)c1cc(F)ccc1OCC(=O)Nc1ccc2c(c1)OC1(CCCC1)O2. The highest BCUT2D eigenvalue weighted by atomic mass is 19.1. The molecular weight excluding hydrogens is 365 g/mol. The third-order valence-electron chi connectivity index (χ3n) is 4.86. The number of carbonyl (C=O) groups is 2. The van der Waals surface area contributed by atoms with Gasteiger partial charge in [-0.05, 0) is 50.1 Å². The number of carbonyl (C=O) groups excluding carboxylic acids is 2. The highest BCUT2D eigenvalue weighted by molar-refractivity contribution is 5.97. The maximum Gasteiger partial charge on any atom is 0.262 e. The highest BCUT2D eigenvalue weighted by Gasteiger charge is 2.44. The molecule has 0 bridgehead atoms. The van der Waals surface area contributed by atoms with Crippen LogP contribution >= 0.6 is 0 Å². The molecule has 1 saturated carbocycles. The van der Waals surface area contributed by atoms with Gasteiger partial charge in [0.15, 0.2) is 23.9 Å². The number of anilines is 1. The summed E-state index contributed by atoms with van der Waals surface area (Å²) in [5.74, 6) is -0.397. The molecule has 0 aromatic heterocycles. The molecular formula is C21H20FNO5. The number of nitrogens with one attached hydrogen (secondary N) is 1. The maximum absolute atomic E-state index is 13.3. The molecule has 2 aromatic carbocycles. The van der Waals surface area contributed by atoms with Gasteiger partial charge in [0.2, 0.25) is 0 Å². The van der Waals surface area contributed by atoms with Crippen LogP contribution in [0.1, 0.15) is 43.0 Å². The van der Waals surface area contributed by atoms with Crippen LogP contribution in [0.4, 0.5) is 10.1 Å². The average molecular weight is 385 g/mol. The maximum atomic E-state index is 13.3. The zero-order valence-corrected chi connectivity index (χ0v) is 15.4. The summed E-state index contributed by atoms with van der Waals surface area (Å²) in [6, 6.07) is 8.82. The van der Waals surface area contributed by atoms with Crippen molar-refractivity contribution in [2.45, 2.75) is 38.4 Å². The smallest absolute Gasteiger partial charge is 0.262 e. The molecule has 0 atom stereocenters. The Morgan fingerprint density at radius 3 is 2.61 bits per heavy atom. The van der Waals surface area contributed by atoms with Crippen molar-refractivity contribution in [3.8, 4) is 17.2 Å². The van der Waals surface area contributed by atoms with Crippen molar-refractivity contribution in [2.24, 2.45) is 0 Å². The summed E-state index contributed by atoms with van der Waals surface area (Å²) in [4.78, 5) is 23.8. The van der Waals surface area contributed by atoms with Crippen molar-refractivity contribution < 1.29 is 28.2 Å². The monoisotopic (exact) mass is 385 g/mol. The minimum Gasteiger partial charge on any atom is -0.483 e. The second-order valence-electron chi connectivity index (χ2n) is 7.02. The topological polar surface area (TPSA) is 73.9 Å². The first-order valence-electron chi connectivity index (χ1n) is 9.19. The number of halogens is 1. The Morgan fingerprint density at radius 1 is 1.11 bits per heavy atom. The van der Waals surface area contributed by atoms with E-state index in [0.717, 1.165) is 31.7 Å². The molecule has 146 valence electrons. The Labute approximate surface area is 161 Å². The van der Waals surface area contributed by atoms with Gasteiger partial charge in [0, 0.05) is 24.6 Å². The van der Waals surface area contributed by atoms with Gasteiger partial charge < -0.3 is 19.5 Å².